The minimum atomic E-state index is -0.614. The third kappa shape index (κ3) is 3.09. The molecule has 0 aliphatic heterocycles. The number of anilines is 1. The smallest absolute Gasteiger partial charge is 0.319 e. The van der Waals surface area contributed by atoms with Crippen LogP contribution in [0.1, 0.15) is 17.2 Å². The van der Waals surface area contributed by atoms with Crippen molar-refractivity contribution in [3.8, 4) is 5.69 Å². The Morgan fingerprint density at radius 2 is 1.80 bits per heavy atom. The number of aliphatic hydroxyl groups excluding tert-OH is 1. The van der Waals surface area contributed by atoms with Crippen LogP contribution in [0, 0.1) is 0 Å². The predicted molar refractivity (Wildman–Crippen MR) is 92.4 cm³/mol. The lowest BCUT2D eigenvalue weighted by Crippen LogP contribution is -2.36. The van der Waals surface area contributed by atoms with E-state index in [-0.39, 0.29) is 6.03 Å². The fourth-order valence-electron chi connectivity index (χ4n) is 3.08. The van der Waals surface area contributed by atoms with Crippen molar-refractivity contribution in [3.63, 3.8) is 0 Å². The lowest BCUT2D eigenvalue weighted by Gasteiger charge is -2.18. The highest BCUT2D eigenvalue weighted by atomic mass is 16.3. The second-order valence-corrected chi connectivity index (χ2v) is 5.91. The number of hydrogen-bond acceptors (Lipinski definition) is 4. The first-order valence-electron chi connectivity index (χ1n) is 8.01. The van der Waals surface area contributed by atoms with Gasteiger partial charge in [-0.3, -0.25) is 0 Å². The van der Waals surface area contributed by atoms with Crippen LogP contribution in [0.3, 0.4) is 0 Å². The van der Waals surface area contributed by atoms with Crippen LogP contribution in [0.15, 0.2) is 60.9 Å². The highest BCUT2D eigenvalue weighted by Crippen LogP contribution is 2.31. The lowest BCUT2D eigenvalue weighted by molar-refractivity contribution is 0.144. The Morgan fingerprint density at radius 3 is 2.56 bits per heavy atom. The van der Waals surface area contributed by atoms with Gasteiger partial charge < -0.3 is 15.7 Å². The van der Waals surface area contributed by atoms with E-state index in [4.69, 9.17) is 0 Å². The Hall–Kier alpha value is -3.19. The van der Waals surface area contributed by atoms with Crippen LogP contribution in [-0.2, 0) is 6.42 Å². The Morgan fingerprint density at radius 1 is 1.08 bits per heavy atom. The second-order valence-electron chi connectivity index (χ2n) is 5.91. The summed E-state index contributed by atoms with van der Waals surface area (Å²) in [5.74, 6) is 0. The van der Waals surface area contributed by atoms with E-state index < -0.39 is 12.1 Å². The van der Waals surface area contributed by atoms with E-state index in [1.54, 1.807) is 24.5 Å². The summed E-state index contributed by atoms with van der Waals surface area (Å²) in [6.07, 6.45) is 3.14. The topological polar surface area (TPSA) is 92.1 Å². The molecule has 7 nitrogen and oxygen atoms in total. The van der Waals surface area contributed by atoms with Crippen LogP contribution in [-0.4, -0.2) is 32.2 Å². The maximum absolute atomic E-state index is 12.3. The summed E-state index contributed by atoms with van der Waals surface area (Å²) in [5, 5.41) is 23.9. The average molecular weight is 335 g/mol. The molecule has 7 heteroatoms. The number of urea groups is 1. The second kappa shape index (κ2) is 6.37. The van der Waals surface area contributed by atoms with Gasteiger partial charge in [0.1, 0.15) is 0 Å². The summed E-state index contributed by atoms with van der Waals surface area (Å²) in [6.45, 7) is 0. The standard InChI is InChI=1S/C18H17N5O2/c24-16-11-12-3-1-2-4-15(12)17(16)22-18(25)21-13-5-7-14(8-6-13)23-19-9-10-20-23/h1-10,16-17,24H,11H2,(H2,21,22,25)/t16-,17+/m0/s1. The molecule has 25 heavy (non-hydrogen) atoms. The van der Waals surface area contributed by atoms with Crippen LogP contribution < -0.4 is 10.6 Å². The number of carbonyl (C=O) groups excluding carboxylic acids is 1. The number of aromatic nitrogens is 3. The number of amides is 2. The molecule has 2 aromatic carbocycles. The van der Waals surface area contributed by atoms with Crippen molar-refractivity contribution in [2.45, 2.75) is 18.6 Å². The van der Waals surface area contributed by atoms with Gasteiger partial charge in [-0.25, -0.2) is 4.79 Å². The summed E-state index contributed by atoms with van der Waals surface area (Å²) < 4.78 is 0. The monoisotopic (exact) mass is 335 g/mol. The van der Waals surface area contributed by atoms with Gasteiger partial charge in [-0.05, 0) is 35.4 Å². The van der Waals surface area contributed by atoms with Crippen LogP contribution in [0.5, 0.6) is 0 Å². The molecule has 3 aromatic rings. The van der Waals surface area contributed by atoms with Gasteiger partial charge >= 0.3 is 6.03 Å². The van der Waals surface area contributed by atoms with E-state index in [0.717, 1.165) is 16.8 Å². The van der Waals surface area contributed by atoms with Gasteiger partial charge in [0.05, 0.1) is 30.2 Å². The molecule has 0 bridgehead atoms. The molecule has 0 spiro atoms. The minimum Gasteiger partial charge on any atom is -0.390 e. The summed E-state index contributed by atoms with van der Waals surface area (Å²) in [5.41, 5.74) is 3.48. The van der Waals surface area contributed by atoms with E-state index in [1.165, 1.54) is 4.80 Å². The predicted octanol–water partition coefficient (Wildman–Crippen LogP) is 2.05. The molecule has 2 amide bonds. The third-order valence-electron chi connectivity index (χ3n) is 4.27. The first-order valence-corrected chi connectivity index (χ1v) is 8.01. The average Bonchev–Trinajstić information content (AvgIpc) is 3.25. The summed E-state index contributed by atoms with van der Waals surface area (Å²) in [7, 11) is 0. The van der Waals surface area contributed by atoms with E-state index in [0.29, 0.717) is 12.1 Å². The normalized spacial score (nSPS) is 18.6. The van der Waals surface area contributed by atoms with Gasteiger partial charge in [-0.2, -0.15) is 15.0 Å². The van der Waals surface area contributed by atoms with E-state index >= 15 is 0 Å². The Labute approximate surface area is 144 Å². The number of carbonyl (C=O) groups is 1. The van der Waals surface area contributed by atoms with E-state index in [1.807, 2.05) is 36.4 Å². The zero-order valence-electron chi connectivity index (χ0n) is 13.3. The maximum atomic E-state index is 12.3. The SMILES string of the molecule is O=C(Nc1ccc(-n2nccn2)cc1)N[C@@H]1c2ccccc2C[C@@H]1O. The number of benzene rings is 2. The van der Waals surface area contributed by atoms with Crippen molar-refractivity contribution in [2.24, 2.45) is 0 Å². The molecule has 0 saturated heterocycles. The highest BCUT2D eigenvalue weighted by molar-refractivity contribution is 5.89. The molecule has 3 N–H and O–H groups in total. The molecular formula is C18H17N5O2. The van der Waals surface area contributed by atoms with Crippen molar-refractivity contribution in [1.29, 1.82) is 0 Å². The Kier molecular flexibility index (Phi) is 3.91. The van der Waals surface area contributed by atoms with Gasteiger partial charge in [0.25, 0.3) is 0 Å². The minimum absolute atomic E-state index is 0.356. The number of aliphatic hydroxyl groups is 1. The van der Waals surface area contributed by atoms with Crippen molar-refractivity contribution in [3.05, 3.63) is 72.1 Å². The van der Waals surface area contributed by atoms with Gasteiger partial charge in [-0.15, -0.1) is 0 Å². The zero-order valence-corrected chi connectivity index (χ0v) is 13.3. The Bertz CT molecular complexity index is 877. The van der Waals surface area contributed by atoms with E-state index in [9.17, 15) is 9.90 Å². The van der Waals surface area contributed by atoms with Gasteiger partial charge in [0.15, 0.2) is 0 Å². The summed E-state index contributed by atoms with van der Waals surface area (Å²) in [6, 6.07) is 14.2. The molecule has 0 fully saturated rings. The fraction of sp³-hybridized carbons (Fsp3) is 0.167. The maximum Gasteiger partial charge on any atom is 0.319 e. The molecule has 4 rings (SSSR count). The quantitative estimate of drug-likeness (QED) is 0.683. The van der Waals surface area contributed by atoms with Gasteiger partial charge in [0.2, 0.25) is 0 Å². The molecule has 0 saturated carbocycles. The molecule has 2 atom stereocenters. The van der Waals surface area contributed by atoms with Crippen LogP contribution in [0.4, 0.5) is 10.5 Å². The molecule has 1 aliphatic carbocycles. The Balaban J connectivity index is 1.42. The molecule has 0 radical (unpaired) electrons. The van der Waals surface area contributed by atoms with E-state index in [2.05, 4.69) is 20.8 Å². The first-order chi connectivity index (χ1) is 12.2. The molecular weight excluding hydrogens is 318 g/mol. The van der Waals surface area contributed by atoms with Crippen molar-refractivity contribution in [2.75, 3.05) is 5.32 Å². The third-order valence-corrected chi connectivity index (χ3v) is 4.27. The molecule has 1 heterocycles. The number of fused-ring (bicyclic) bond motifs is 1. The zero-order chi connectivity index (χ0) is 17.2. The molecule has 126 valence electrons. The molecule has 0 unspecified atom stereocenters. The van der Waals surface area contributed by atoms with Crippen LogP contribution >= 0.6 is 0 Å². The number of nitrogens with zero attached hydrogens (tertiary/aromatic N) is 3. The summed E-state index contributed by atoms with van der Waals surface area (Å²) in [4.78, 5) is 13.8. The molecule has 1 aliphatic rings. The number of hydrogen-bond donors (Lipinski definition) is 3. The van der Waals surface area contributed by atoms with Crippen molar-refractivity contribution in [1.82, 2.24) is 20.3 Å². The van der Waals surface area contributed by atoms with Crippen LogP contribution in [0.25, 0.3) is 5.69 Å². The number of rotatable bonds is 3. The van der Waals surface area contributed by atoms with Crippen molar-refractivity contribution < 1.29 is 9.90 Å². The highest BCUT2D eigenvalue weighted by Gasteiger charge is 2.31. The van der Waals surface area contributed by atoms with Crippen molar-refractivity contribution >= 4 is 11.7 Å². The molecule has 1 aromatic heterocycles. The first kappa shape index (κ1) is 15.3. The fourth-order valence-corrected chi connectivity index (χ4v) is 3.08. The number of nitrogens with one attached hydrogen (secondary N) is 2. The lowest BCUT2D eigenvalue weighted by atomic mass is 10.1. The largest absolute Gasteiger partial charge is 0.390 e. The van der Waals surface area contributed by atoms with Crippen LogP contribution in [0.2, 0.25) is 0 Å². The van der Waals surface area contributed by atoms with Gasteiger partial charge in [-0.1, -0.05) is 24.3 Å². The summed E-state index contributed by atoms with van der Waals surface area (Å²) >= 11 is 0. The van der Waals surface area contributed by atoms with Gasteiger partial charge in [0, 0.05) is 12.1 Å².